The van der Waals surface area contributed by atoms with Crippen molar-refractivity contribution < 1.29 is 25.5 Å². The molecule has 0 bridgehead atoms. The fraction of sp³-hybridized carbons (Fsp3) is 0.500. The topological polar surface area (TPSA) is 89.5 Å². The predicted octanol–water partition coefficient (Wildman–Crippen LogP) is 1.44. The highest BCUT2D eigenvalue weighted by Gasteiger charge is 2.16. The van der Waals surface area contributed by atoms with Crippen molar-refractivity contribution >= 4 is 20.2 Å². The number of benzene rings is 1. The van der Waals surface area contributed by atoms with E-state index in [1.807, 2.05) is 0 Å². The molecule has 6 nitrogen and oxygen atoms in total. The zero-order chi connectivity index (χ0) is 15.9. The lowest BCUT2D eigenvalue weighted by molar-refractivity contribution is 0.192. The largest absolute Gasteiger partial charge is 0.385 e. The number of halogens is 1. The first-order chi connectivity index (χ1) is 9.77. The highest BCUT2D eigenvalue weighted by molar-refractivity contribution is 7.89. The van der Waals surface area contributed by atoms with Crippen LogP contribution in [0.2, 0.25) is 0 Å². The van der Waals surface area contributed by atoms with E-state index in [-0.39, 0.29) is 11.4 Å². The van der Waals surface area contributed by atoms with Crippen molar-refractivity contribution in [2.24, 2.45) is 0 Å². The lowest BCUT2D eigenvalue weighted by Crippen LogP contribution is -2.24. The molecule has 0 saturated heterocycles. The number of ether oxygens (including phenoxy) is 1. The summed E-state index contributed by atoms with van der Waals surface area (Å²) in [5.74, 6) is 0. The van der Waals surface area contributed by atoms with Gasteiger partial charge < -0.3 is 4.74 Å². The Hall–Kier alpha value is -1.03. The molecule has 0 spiro atoms. The van der Waals surface area contributed by atoms with Crippen molar-refractivity contribution in [2.45, 2.75) is 29.1 Å². The molecule has 0 aromatic heterocycles. The van der Waals surface area contributed by atoms with Crippen LogP contribution in [-0.4, -0.2) is 37.1 Å². The van der Waals surface area contributed by atoms with Gasteiger partial charge in [0.2, 0.25) is 10.0 Å². The van der Waals surface area contributed by atoms with Gasteiger partial charge >= 0.3 is 10.2 Å². The Labute approximate surface area is 124 Å². The monoisotopic (exact) mass is 339 g/mol. The number of nitrogens with one attached hydrogen (secondary N) is 1. The van der Waals surface area contributed by atoms with Gasteiger partial charge in [-0.15, -0.1) is 3.89 Å². The SMILES string of the molecule is COCCCCCNS(=O)(=O)c1ccc(S(=O)(=O)F)cc1. The summed E-state index contributed by atoms with van der Waals surface area (Å²) < 4.78 is 65.1. The molecular formula is C12H18FNO5S2. The van der Waals surface area contributed by atoms with E-state index in [1.165, 1.54) is 0 Å². The molecular weight excluding hydrogens is 321 g/mol. The highest BCUT2D eigenvalue weighted by atomic mass is 32.3. The molecule has 0 amide bonds. The first-order valence-electron chi connectivity index (χ1n) is 6.31. The Kier molecular flexibility index (Phi) is 6.72. The minimum absolute atomic E-state index is 0.105. The van der Waals surface area contributed by atoms with Crippen LogP contribution in [0.15, 0.2) is 34.1 Å². The van der Waals surface area contributed by atoms with Crippen LogP contribution in [-0.2, 0) is 25.0 Å². The van der Waals surface area contributed by atoms with Gasteiger partial charge in [-0.2, -0.15) is 8.42 Å². The van der Waals surface area contributed by atoms with Gasteiger partial charge in [-0.3, -0.25) is 0 Å². The standard InChI is InChI=1S/C12H18FNO5S2/c1-19-10-4-2-3-9-14-21(17,18)12-7-5-11(6-8-12)20(13,15)16/h5-8,14H,2-4,9-10H2,1H3. The number of hydrogen-bond acceptors (Lipinski definition) is 5. The summed E-state index contributed by atoms with van der Waals surface area (Å²) in [6.45, 7) is 0.904. The molecule has 9 heteroatoms. The highest BCUT2D eigenvalue weighted by Crippen LogP contribution is 2.16. The molecule has 1 rings (SSSR count). The van der Waals surface area contributed by atoms with Gasteiger partial charge in [0.1, 0.15) is 0 Å². The van der Waals surface area contributed by atoms with Crippen molar-refractivity contribution in [3.63, 3.8) is 0 Å². The molecule has 1 aromatic carbocycles. The fourth-order valence-corrected chi connectivity index (χ4v) is 3.15. The molecule has 120 valence electrons. The molecule has 21 heavy (non-hydrogen) atoms. The third-order valence-electron chi connectivity index (χ3n) is 2.73. The average Bonchev–Trinajstić information content (AvgIpc) is 2.42. The Morgan fingerprint density at radius 1 is 1.00 bits per heavy atom. The Bertz CT molecular complexity index is 641. The maximum atomic E-state index is 12.7. The van der Waals surface area contributed by atoms with E-state index < -0.39 is 25.1 Å². The van der Waals surface area contributed by atoms with Crippen LogP contribution < -0.4 is 4.72 Å². The molecule has 1 N–H and O–H groups in total. The van der Waals surface area contributed by atoms with E-state index in [0.29, 0.717) is 13.0 Å². The molecule has 0 atom stereocenters. The molecule has 0 aliphatic rings. The lowest BCUT2D eigenvalue weighted by atomic mass is 10.2. The predicted molar refractivity (Wildman–Crippen MR) is 75.7 cm³/mol. The number of rotatable bonds is 9. The third-order valence-corrected chi connectivity index (χ3v) is 5.05. The van der Waals surface area contributed by atoms with Crippen LogP contribution in [0.25, 0.3) is 0 Å². The Morgan fingerprint density at radius 3 is 2.10 bits per heavy atom. The van der Waals surface area contributed by atoms with Gasteiger partial charge in [-0.1, -0.05) is 0 Å². The van der Waals surface area contributed by atoms with Crippen molar-refractivity contribution in [3.8, 4) is 0 Å². The van der Waals surface area contributed by atoms with Crippen molar-refractivity contribution in [1.82, 2.24) is 4.72 Å². The maximum absolute atomic E-state index is 12.7. The first-order valence-corrected chi connectivity index (χ1v) is 9.17. The van der Waals surface area contributed by atoms with E-state index in [0.717, 1.165) is 37.1 Å². The van der Waals surface area contributed by atoms with E-state index >= 15 is 0 Å². The number of methoxy groups -OCH3 is 1. The minimum atomic E-state index is -4.82. The first kappa shape index (κ1) is 18.0. The maximum Gasteiger partial charge on any atom is 0.332 e. The smallest absolute Gasteiger partial charge is 0.332 e. The summed E-state index contributed by atoms with van der Waals surface area (Å²) in [5, 5.41) is 0. The van der Waals surface area contributed by atoms with E-state index in [9.17, 15) is 20.7 Å². The van der Waals surface area contributed by atoms with Crippen LogP contribution in [0.1, 0.15) is 19.3 Å². The van der Waals surface area contributed by atoms with Crippen LogP contribution in [0.4, 0.5) is 3.89 Å². The molecule has 0 aliphatic carbocycles. The molecule has 1 aromatic rings. The van der Waals surface area contributed by atoms with Crippen LogP contribution in [0.5, 0.6) is 0 Å². The van der Waals surface area contributed by atoms with E-state index in [4.69, 9.17) is 4.74 Å². The summed E-state index contributed by atoms with van der Waals surface area (Å²) >= 11 is 0. The lowest BCUT2D eigenvalue weighted by Gasteiger charge is -2.07. The van der Waals surface area contributed by atoms with Crippen molar-refractivity contribution in [2.75, 3.05) is 20.3 Å². The number of hydrogen-bond donors (Lipinski definition) is 1. The summed E-state index contributed by atoms with van der Waals surface area (Å²) in [7, 11) is -6.93. The fourth-order valence-electron chi connectivity index (χ4n) is 1.62. The molecule has 0 saturated carbocycles. The third kappa shape index (κ3) is 6.08. The van der Waals surface area contributed by atoms with Crippen molar-refractivity contribution in [1.29, 1.82) is 0 Å². The Morgan fingerprint density at radius 2 is 1.57 bits per heavy atom. The number of unbranched alkanes of at least 4 members (excludes halogenated alkanes) is 2. The van der Waals surface area contributed by atoms with E-state index in [2.05, 4.69) is 4.72 Å². The van der Waals surface area contributed by atoms with Crippen LogP contribution >= 0.6 is 0 Å². The van der Waals surface area contributed by atoms with Gasteiger partial charge in [0.15, 0.2) is 0 Å². The second kappa shape index (κ2) is 7.83. The molecule has 0 fully saturated rings. The van der Waals surface area contributed by atoms with Crippen molar-refractivity contribution in [3.05, 3.63) is 24.3 Å². The van der Waals surface area contributed by atoms with Gasteiger partial charge in [-0.25, -0.2) is 13.1 Å². The normalized spacial score (nSPS) is 12.5. The summed E-state index contributed by atoms with van der Waals surface area (Å²) in [6.07, 6.45) is 2.34. The molecule has 0 radical (unpaired) electrons. The second-order valence-corrected chi connectivity index (χ2v) is 7.47. The summed E-state index contributed by atoms with van der Waals surface area (Å²) in [5.41, 5.74) is 0. The zero-order valence-corrected chi connectivity index (χ0v) is 13.2. The van der Waals surface area contributed by atoms with Gasteiger partial charge in [0, 0.05) is 20.3 Å². The zero-order valence-electron chi connectivity index (χ0n) is 11.6. The Balaban J connectivity index is 2.58. The van der Waals surface area contributed by atoms with E-state index in [1.54, 1.807) is 7.11 Å². The van der Waals surface area contributed by atoms with Gasteiger partial charge in [0.25, 0.3) is 0 Å². The van der Waals surface area contributed by atoms with Crippen LogP contribution in [0.3, 0.4) is 0 Å². The second-order valence-electron chi connectivity index (χ2n) is 4.36. The average molecular weight is 339 g/mol. The number of sulfonamides is 1. The molecule has 0 heterocycles. The van der Waals surface area contributed by atoms with Gasteiger partial charge in [0.05, 0.1) is 9.79 Å². The summed E-state index contributed by atoms with van der Waals surface area (Å²) in [4.78, 5) is -0.673. The quantitative estimate of drug-likeness (QED) is 0.543. The summed E-state index contributed by atoms with van der Waals surface area (Å²) in [6, 6.07) is 3.95. The van der Waals surface area contributed by atoms with Gasteiger partial charge in [-0.05, 0) is 43.5 Å². The molecule has 0 unspecified atom stereocenters. The van der Waals surface area contributed by atoms with Crippen LogP contribution in [0, 0.1) is 0 Å². The minimum Gasteiger partial charge on any atom is -0.385 e. The molecule has 0 aliphatic heterocycles.